The molecule has 0 spiro atoms. The number of anilines is 1. The molecule has 1 aromatic rings. The van der Waals surface area contributed by atoms with E-state index < -0.39 is 5.97 Å². The van der Waals surface area contributed by atoms with E-state index in [1.54, 1.807) is 6.07 Å². The van der Waals surface area contributed by atoms with Gasteiger partial charge < -0.3 is 10.0 Å². The maximum absolute atomic E-state index is 11.1. The molecule has 0 heterocycles. The Morgan fingerprint density at radius 1 is 1.32 bits per heavy atom. The van der Waals surface area contributed by atoms with Crippen molar-refractivity contribution in [2.45, 2.75) is 52.0 Å². The molecule has 2 rings (SSSR count). The highest BCUT2D eigenvalue weighted by Crippen LogP contribution is 2.28. The van der Waals surface area contributed by atoms with Crippen LogP contribution in [0, 0.1) is 6.92 Å². The van der Waals surface area contributed by atoms with E-state index in [4.69, 9.17) is 5.11 Å². The van der Waals surface area contributed by atoms with E-state index >= 15 is 0 Å². The van der Waals surface area contributed by atoms with Gasteiger partial charge in [-0.1, -0.05) is 19.3 Å². The summed E-state index contributed by atoms with van der Waals surface area (Å²) in [5, 5.41) is 9.09. The first-order valence-electron chi connectivity index (χ1n) is 7.24. The number of hydrogen-bond donors (Lipinski definition) is 1. The molecule has 0 aliphatic heterocycles. The Morgan fingerprint density at radius 3 is 2.53 bits per heavy atom. The number of carboxylic acids is 1. The van der Waals surface area contributed by atoms with Crippen molar-refractivity contribution in [2.24, 2.45) is 0 Å². The first-order valence-corrected chi connectivity index (χ1v) is 7.24. The molecule has 0 bridgehead atoms. The molecule has 0 atom stereocenters. The summed E-state index contributed by atoms with van der Waals surface area (Å²) >= 11 is 0. The molecule has 3 nitrogen and oxygen atoms in total. The zero-order valence-electron chi connectivity index (χ0n) is 11.9. The van der Waals surface area contributed by atoms with Gasteiger partial charge in [0, 0.05) is 18.3 Å². The van der Waals surface area contributed by atoms with Crippen LogP contribution in [0.25, 0.3) is 0 Å². The third kappa shape index (κ3) is 3.09. The number of aryl methyl sites for hydroxylation is 1. The van der Waals surface area contributed by atoms with Gasteiger partial charge in [0.25, 0.3) is 0 Å². The number of rotatable bonds is 4. The van der Waals surface area contributed by atoms with E-state index in [1.807, 2.05) is 19.1 Å². The predicted molar refractivity (Wildman–Crippen MR) is 78.0 cm³/mol. The van der Waals surface area contributed by atoms with Gasteiger partial charge in [0.05, 0.1) is 5.56 Å². The smallest absolute Gasteiger partial charge is 0.335 e. The number of nitrogens with zero attached hydrogens (tertiary/aromatic N) is 1. The van der Waals surface area contributed by atoms with Gasteiger partial charge in [-0.3, -0.25) is 0 Å². The molecule has 1 aliphatic rings. The lowest BCUT2D eigenvalue weighted by atomic mass is 9.93. The fourth-order valence-corrected chi connectivity index (χ4v) is 3.11. The first kappa shape index (κ1) is 13.9. The van der Waals surface area contributed by atoms with Crippen molar-refractivity contribution in [2.75, 3.05) is 11.4 Å². The van der Waals surface area contributed by atoms with Crippen LogP contribution < -0.4 is 4.90 Å². The minimum atomic E-state index is -0.843. The van der Waals surface area contributed by atoms with Crippen molar-refractivity contribution in [1.29, 1.82) is 0 Å². The van der Waals surface area contributed by atoms with Crippen LogP contribution in [0.5, 0.6) is 0 Å². The standard InChI is InChI=1S/C16H23NO2/c1-3-17(13-7-5-4-6-8-13)14-9-10-15(16(18)19)12(2)11-14/h9-11,13H,3-8H2,1-2H3,(H,18,19). The highest BCUT2D eigenvalue weighted by Gasteiger charge is 2.21. The Labute approximate surface area is 115 Å². The molecule has 19 heavy (non-hydrogen) atoms. The molecule has 1 aliphatic carbocycles. The number of carbonyl (C=O) groups is 1. The van der Waals surface area contributed by atoms with Gasteiger partial charge in [-0.05, 0) is 50.5 Å². The van der Waals surface area contributed by atoms with Crippen LogP contribution in [0.15, 0.2) is 18.2 Å². The summed E-state index contributed by atoms with van der Waals surface area (Å²) in [6, 6.07) is 6.32. The summed E-state index contributed by atoms with van der Waals surface area (Å²) in [6.45, 7) is 5.03. The zero-order valence-corrected chi connectivity index (χ0v) is 11.9. The van der Waals surface area contributed by atoms with Gasteiger partial charge in [0.1, 0.15) is 0 Å². The molecular formula is C16H23NO2. The van der Waals surface area contributed by atoms with Gasteiger partial charge in [-0.2, -0.15) is 0 Å². The molecule has 1 saturated carbocycles. The average Bonchev–Trinajstić information content (AvgIpc) is 2.40. The van der Waals surface area contributed by atoms with E-state index in [-0.39, 0.29) is 0 Å². The van der Waals surface area contributed by atoms with Crippen molar-refractivity contribution in [3.63, 3.8) is 0 Å². The Kier molecular flexibility index (Phi) is 4.46. The van der Waals surface area contributed by atoms with Gasteiger partial charge in [0.2, 0.25) is 0 Å². The molecule has 1 aromatic carbocycles. The van der Waals surface area contributed by atoms with Crippen LogP contribution in [0.4, 0.5) is 5.69 Å². The van der Waals surface area contributed by atoms with Crippen LogP contribution in [0.1, 0.15) is 54.9 Å². The first-order chi connectivity index (χ1) is 9.13. The summed E-state index contributed by atoms with van der Waals surface area (Å²) in [5.74, 6) is -0.843. The van der Waals surface area contributed by atoms with E-state index in [0.717, 1.165) is 17.8 Å². The number of hydrogen-bond acceptors (Lipinski definition) is 2. The van der Waals surface area contributed by atoms with E-state index in [1.165, 1.54) is 32.1 Å². The van der Waals surface area contributed by atoms with Crippen LogP contribution >= 0.6 is 0 Å². The zero-order chi connectivity index (χ0) is 13.8. The lowest BCUT2D eigenvalue weighted by Gasteiger charge is -2.35. The third-order valence-corrected chi connectivity index (χ3v) is 4.13. The van der Waals surface area contributed by atoms with Crippen molar-refractivity contribution >= 4 is 11.7 Å². The van der Waals surface area contributed by atoms with Crippen LogP contribution in [-0.2, 0) is 0 Å². The summed E-state index contributed by atoms with van der Waals surface area (Å²) in [7, 11) is 0. The van der Waals surface area contributed by atoms with Crippen LogP contribution in [-0.4, -0.2) is 23.7 Å². The van der Waals surface area contributed by atoms with Gasteiger partial charge in [-0.25, -0.2) is 4.79 Å². The fraction of sp³-hybridized carbons (Fsp3) is 0.562. The lowest BCUT2D eigenvalue weighted by Crippen LogP contribution is -2.36. The quantitative estimate of drug-likeness (QED) is 0.895. The summed E-state index contributed by atoms with van der Waals surface area (Å²) in [6.07, 6.45) is 6.49. The monoisotopic (exact) mass is 261 g/mol. The van der Waals surface area contributed by atoms with Gasteiger partial charge in [0.15, 0.2) is 0 Å². The minimum Gasteiger partial charge on any atom is -0.478 e. The van der Waals surface area contributed by atoms with Crippen LogP contribution in [0.3, 0.4) is 0 Å². The predicted octanol–water partition coefficient (Wildman–Crippen LogP) is 3.85. The highest BCUT2D eigenvalue weighted by atomic mass is 16.4. The highest BCUT2D eigenvalue weighted by molar-refractivity contribution is 5.89. The molecule has 0 saturated heterocycles. The molecule has 0 radical (unpaired) electrons. The molecule has 1 fully saturated rings. The average molecular weight is 261 g/mol. The Hall–Kier alpha value is -1.51. The normalized spacial score (nSPS) is 16.3. The second-order valence-corrected chi connectivity index (χ2v) is 5.38. The molecule has 104 valence electrons. The Bertz CT molecular complexity index is 450. The topological polar surface area (TPSA) is 40.5 Å². The molecule has 1 N–H and O–H groups in total. The minimum absolute atomic E-state index is 0.406. The number of aromatic carboxylic acids is 1. The van der Waals surface area contributed by atoms with Crippen molar-refractivity contribution < 1.29 is 9.90 Å². The van der Waals surface area contributed by atoms with E-state index in [2.05, 4.69) is 11.8 Å². The number of benzene rings is 1. The molecule has 0 aromatic heterocycles. The Balaban J connectivity index is 2.23. The van der Waals surface area contributed by atoms with Crippen LogP contribution in [0.2, 0.25) is 0 Å². The second-order valence-electron chi connectivity index (χ2n) is 5.38. The number of carboxylic acid groups (broad SMARTS) is 1. The largest absolute Gasteiger partial charge is 0.478 e. The molecule has 0 amide bonds. The summed E-state index contributed by atoms with van der Waals surface area (Å²) in [4.78, 5) is 13.5. The second kappa shape index (κ2) is 6.09. The molecule has 0 unspecified atom stereocenters. The maximum atomic E-state index is 11.1. The maximum Gasteiger partial charge on any atom is 0.335 e. The van der Waals surface area contributed by atoms with Gasteiger partial charge >= 0.3 is 5.97 Å². The SMILES string of the molecule is CCN(c1ccc(C(=O)O)c(C)c1)C1CCCCC1. The van der Waals surface area contributed by atoms with E-state index in [9.17, 15) is 4.79 Å². The third-order valence-electron chi connectivity index (χ3n) is 4.13. The van der Waals surface area contributed by atoms with E-state index in [0.29, 0.717) is 11.6 Å². The van der Waals surface area contributed by atoms with Crippen molar-refractivity contribution in [1.82, 2.24) is 0 Å². The lowest BCUT2D eigenvalue weighted by molar-refractivity contribution is 0.0696. The Morgan fingerprint density at radius 2 is 2.00 bits per heavy atom. The molecule has 3 heteroatoms. The summed E-state index contributed by atoms with van der Waals surface area (Å²) < 4.78 is 0. The van der Waals surface area contributed by atoms with Crippen molar-refractivity contribution in [3.8, 4) is 0 Å². The summed E-state index contributed by atoms with van der Waals surface area (Å²) in [5.41, 5.74) is 2.42. The van der Waals surface area contributed by atoms with Crippen molar-refractivity contribution in [3.05, 3.63) is 29.3 Å². The molecular weight excluding hydrogens is 238 g/mol. The fourth-order valence-electron chi connectivity index (χ4n) is 3.11. The van der Waals surface area contributed by atoms with Gasteiger partial charge in [-0.15, -0.1) is 0 Å².